The van der Waals surface area contributed by atoms with E-state index < -0.39 is 0 Å². The molecule has 328 valence electrons. The standard InChI is InChI=1S/C61H71BN2/c1-37-28-40(39-20-18-17-19-21-39)22-24-49(37)63-50-25-23-41(56(3,4)5)30-47(50)62-48-33-44-46(61(15,16)36-60(44,13)14)35-52(48)64(54-32-42(57(6,7)8)31-53(63)55(54)62)51-34-45-43(29-38(51)2)58(9,10)26-27-59(45,11)12/h17-25,28-35H,26-27,36H2,1-16H3. The summed E-state index contributed by atoms with van der Waals surface area (Å²) in [5, 5.41) is 0. The lowest BCUT2D eigenvalue weighted by atomic mass is 9.33. The quantitative estimate of drug-likeness (QED) is 0.164. The van der Waals surface area contributed by atoms with Crippen LogP contribution in [0.4, 0.5) is 34.1 Å². The lowest BCUT2D eigenvalue weighted by Gasteiger charge is -2.47. The Morgan fingerprint density at radius 2 is 0.922 bits per heavy atom. The smallest absolute Gasteiger partial charge is 0.252 e. The first-order valence-electron chi connectivity index (χ1n) is 24.2. The number of fused-ring (bicyclic) bond motifs is 6. The summed E-state index contributed by atoms with van der Waals surface area (Å²) in [5.74, 6) is 0. The summed E-state index contributed by atoms with van der Waals surface area (Å²) in [6.45, 7) is 38.8. The summed E-state index contributed by atoms with van der Waals surface area (Å²) in [7, 11) is 0. The summed E-state index contributed by atoms with van der Waals surface area (Å²) >= 11 is 0. The van der Waals surface area contributed by atoms with E-state index in [1.54, 1.807) is 0 Å². The van der Waals surface area contributed by atoms with Crippen LogP contribution in [-0.2, 0) is 32.5 Å². The largest absolute Gasteiger partial charge is 0.311 e. The van der Waals surface area contributed by atoms with Gasteiger partial charge in [0, 0.05) is 34.1 Å². The maximum absolute atomic E-state index is 2.75. The Morgan fingerprint density at radius 1 is 0.422 bits per heavy atom. The third-order valence-corrected chi connectivity index (χ3v) is 16.2. The molecular formula is C61H71BN2. The van der Waals surface area contributed by atoms with Gasteiger partial charge in [-0.15, -0.1) is 0 Å². The topological polar surface area (TPSA) is 6.48 Å². The molecule has 0 spiro atoms. The molecule has 0 aromatic heterocycles. The third-order valence-electron chi connectivity index (χ3n) is 16.2. The highest BCUT2D eigenvalue weighted by Crippen LogP contribution is 2.55. The van der Waals surface area contributed by atoms with Gasteiger partial charge in [-0.3, -0.25) is 0 Å². The second kappa shape index (κ2) is 13.8. The third kappa shape index (κ3) is 6.48. The lowest BCUT2D eigenvalue weighted by molar-refractivity contribution is 0.332. The number of nitrogens with zero attached hydrogens (tertiary/aromatic N) is 2. The predicted molar refractivity (Wildman–Crippen MR) is 279 cm³/mol. The fraction of sp³-hybridized carbons (Fsp3) is 0.410. The molecule has 2 aliphatic heterocycles. The molecular weight excluding hydrogens is 771 g/mol. The van der Waals surface area contributed by atoms with E-state index in [0.717, 1.165) is 6.42 Å². The second-order valence-electron chi connectivity index (χ2n) is 25.0. The molecule has 10 rings (SSSR count). The molecule has 0 atom stereocenters. The SMILES string of the molecule is Cc1cc(-c2ccccc2)ccc1N1c2ccc(C(C)(C)C)cc2B2c3cc4c(cc3N(c3cc5c(cc3C)C(C)(C)CCC5(C)C)c3cc(C(C)(C)C)cc1c32)C(C)(C)CC4(C)C. The Hall–Kier alpha value is -5.02. The van der Waals surface area contributed by atoms with Crippen molar-refractivity contribution in [3.8, 4) is 11.1 Å². The van der Waals surface area contributed by atoms with Gasteiger partial charge in [-0.05, 0) is 180 Å². The fourth-order valence-electron chi connectivity index (χ4n) is 12.5. The maximum Gasteiger partial charge on any atom is 0.252 e. The Balaban J connectivity index is 1.35. The Kier molecular flexibility index (Phi) is 9.22. The Bertz CT molecular complexity index is 2910. The van der Waals surface area contributed by atoms with Crippen molar-refractivity contribution in [2.75, 3.05) is 9.80 Å². The van der Waals surface area contributed by atoms with Crippen LogP contribution in [0.1, 0.15) is 161 Å². The highest BCUT2D eigenvalue weighted by molar-refractivity contribution is 7.00. The molecule has 0 fully saturated rings. The van der Waals surface area contributed by atoms with Crippen LogP contribution in [0.2, 0.25) is 0 Å². The van der Waals surface area contributed by atoms with E-state index >= 15 is 0 Å². The van der Waals surface area contributed by atoms with Gasteiger partial charge in [-0.25, -0.2) is 0 Å². The predicted octanol–water partition coefficient (Wildman–Crippen LogP) is 15.0. The average molecular weight is 843 g/mol. The normalized spacial score (nSPS) is 18.5. The monoisotopic (exact) mass is 843 g/mol. The molecule has 0 saturated carbocycles. The summed E-state index contributed by atoms with van der Waals surface area (Å²) in [4.78, 5) is 5.39. The van der Waals surface area contributed by atoms with E-state index in [1.165, 1.54) is 119 Å². The Morgan fingerprint density at radius 3 is 1.52 bits per heavy atom. The van der Waals surface area contributed by atoms with E-state index in [4.69, 9.17) is 0 Å². The van der Waals surface area contributed by atoms with Crippen molar-refractivity contribution in [3.63, 3.8) is 0 Å². The van der Waals surface area contributed by atoms with Crippen molar-refractivity contribution in [3.05, 3.63) is 148 Å². The zero-order valence-corrected chi connectivity index (χ0v) is 41.9. The van der Waals surface area contributed by atoms with E-state index in [2.05, 4.69) is 224 Å². The van der Waals surface area contributed by atoms with Crippen molar-refractivity contribution in [2.24, 2.45) is 0 Å². The molecule has 0 radical (unpaired) electrons. The van der Waals surface area contributed by atoms with E-state index in [1.807, 2.05) is 0 Å². The summed E-state index contributed by atoms with van der Waals surface area (Å²) in [6.07, 6.45) is 3.52. The molecule has 6 aromatic carbocycles. The molecule has 64 heavy (non-hydrogen) atoms. The van der Waals surface area contributed by atoms with E-state index in [9.17, 15) is 0 Å². The van der Waals surface area contributed by atoms with E-state index in [-0.39, 0.29) is 39.2 Å². The van der Waals surface area contributed by atoms with E-state index in [0.29, 0.717) is 0 Å². The zero-order chi connectivity index (χ0) is 45.8. The maximum atomic E-state index is 2.75. The van der Waals surface area contributed by atoms with Gasteiger partial charge in [0.1, 0.15) is 0 Å². The highest BCUT2D eigenvalue weighted by Gasteiger charge is 2.49. The minimum Gasteiger partial charge on any atom is -0.311 e. The number of hydrogen-bond acceptors (Lipinski definition) is 2. The van der Waals surface area contributed by atoms with Crippen LogP contribution in [0.25, 0.3) is 11.1 Å². The van der Waals surface area contributed by atoms with Crippen molar-refractivity contribution < 1.29 is 0 Å². The lowest BCUT2D eigenvalue weighted by Crippen LogP contribution is -2.62. The Labute approximate surface area is 386 Å². The van der Waals surface area contributed by atoms with Gasteiger partial charge < -0.3 is 9.80 Å². The minimum atomic E-state index is -0.0952. The molecule has 0 N–H and O–H groups in total. The number of rotatable bonds is 3. The number of anilines is 6. The van der Waals surface area contributed by atoms with Crippen molar-refractivity contribution in [2.45, 2.75) is 163 Å². The first-order valence-corrected chi connectivity index (χ1v) is 24.2. The summed E-state index contributed by atoms with van der Waals surface area (Å²) in [5.41, 5.74) is 26.1. The number of aryl methyl sites for hydroxylation is 2. The van der Waals surface area contributed by atoms with Gasteiger partial charge in [0.25, 0.3) is 6.71 Å². The molecule has 3 heteroatoms. The average Bonchev–Trinajstić information content (AvgIpc) is 3.40. The van der Waals surface area contributed by atoms with Crippen LogP contribution < -0.4 is 26.2 Å². The van der Waals surface area contributed by atoms with Gasteiger partial charge in [-0.2, -0.15) is 0 Å². The number of benzene rings is 6. The van der Waals surface area contributed by atoms with Gasteiger partial charge in [0.05, 0.1) is 0 Å². The zero-order valence-electron chi connectivity index (χ0n) is 41.9. The highest BCUT2D eigenvalue weighted by atomic mass is 15.2. The van der Waals surface area contributed by atoms with Crippen molar-refractivity contribution in [1.82, 2.24) is 0 Å². The van der Waals surface area contributed by atoms with Gasteiger partial charge >= 0.3 is 0 Å². The molecule has 2 heterocycles. The van der Waals surface area contributed by atoms with Crippen LogP contribution in [0.15, 0.2) is 103 Å². The van der Waals surface area contributed by atoms with Gasteiger partial charge in [-0.1, -0.05) is 158 Å². The second-order valence-corrected chi connectivity index (χ2v) is 25.0. The van der Waals surface area contributed by atoms with Crippen molar-refractivity contribution >= 4 is 57.2 Å². The van der Waals surface area contributed by atoms with Gasteiger partial charge in [0.15, 0.2) is 0 Å². The fourth-order valence-corrected chi connectivity index (χ4v) is 12.5. The molecule has 0 unspecified atom stereocenters. The van der Waals surface area contributed by atoms with Crippen LogP contribution in [0, 0.1) is 13.8 Å². The van der Waals surface area contributed by atoms with Crippen molar-refractivity contribution in [1.29, 1.82) is 0 Å². The molecule has 6 aromatic rings. The first kappa shape index (κ1) is 42.9. The summed E-state index contributed by atoms with van der Waals surface area (Å²) in [6, 6.07) is 41.1. The number of hydrogen-bond donors (Lipinski definition) is 0. The first-order chi connectivity index (χ1) is 29.8. The molecule has 0 saturated heterocycles. The molecule has 2 nitrogen and oxygen atoms in total. The van der Waals surface area contributed by atoms with Crippen LogP contribution in [0.5, 0.6) is 0 Å². The van der Waals surface area contributed by atoms with Crippen LogP contribution >= 0.6 is 0 Å². The minimum absolute atomic E-state index is 0.0133. The molecule has 0 bridgehead atoms. The summed E-state index contributed by atoms with van der Waals surface area (Å²) < 4.78 is 0. The molecule has 4 aliphatic rings. The van der Waals surface area contributed by atoms with Gasteiger partial charge in [0.2, 0.25) is 0 Å². The molecule has 0 amide bonds. The van der Waals surface area contributed by atoms with Crippen LogP contribution in [0.3, 0.4) is 0 Å². The van der Waals surface area contributed by atoms with Crippen LogP contribution in [-0.4, -0.2) is 6.71 Å². The molecule has 2 aliphatic carbocycles.